The summed E-state index contributed by atoms with van der Waals surface area (Å²) in [7, 11) is -5.02. The Bertz CT molecular complexity index is 672. The van der Waals surface area contributed by atoms with Crippen LogP contribution in [0.15, 0.2) is 24.3 Å². The van der Waals surface area contributed by atoms with Crippen molar-refractivity contribution in [2.45, 2.75) is 18.6 Å². The molecule has 0 radical (unpaired) electrons. The maximum Gasteiger partial charge on any atom is 0.337 e. The number of nitrogens with zero attached hydrogens (tertiary/aromatic N) is 1. The molecule has 0 aromatic heterocycles. The molecule has 0 spiro atoms. The van der Waals surface area contributed by atoms with Crippen molar-refractivity contribution in [1.29, 1.82) is 0 Å². The van der Waals surface area contributed by atoms with Crippen LogP contribution in [-0.4, -0.2) is 29.9 Å². The minimum absolute atomic E-state index is 0. The first-order valence-corrected chi connectivity index (χ1v) is 6.55. The van der Waals surface area contributed by atoms with Crippen molar-refractivity contribution in [3.8, 4) is 12.3 Å². The highest BCUT2D eigenvalue weighted by atomic mass is 32.2. The van der Waals surface area contributed by atoms with Crippen molar-refractivity contribution < 1.29 is 20.1 Å². The maximum absolute atomic E-state index is 14.2. The highest BCUT2D eigenvalue weighted by molar-refractivity contribution is 7.83. The van der Waals surface area contributed by atoms with Gasteiger partial charge in [0.1, 0.15) is 6.17 Å². The van der Waals surface area contributed by atoms with Crippen molar-refractivity contribution in [2.24, 2.45) is 0 Å². The molecule has 102 valence electrons. The van der Waals surface area contributed by atoms with Gasteiger partial charge in [0.05, 0.1) is 15.3 Å². The van der Waals surface area contributed by atoms with E-state index < -0.39 is 29.0 Å². The lowest BCUT2D eigenvalue weighted by Gasteiger charge is -2.25. The minimum Gasteiger partial charge on any atom is -0.273 e. The number of fused-ring (bicyclic) bond motifs is 1. The van der Waals surface area contributed by atoms with Crippen molar-refractivity contribution in [2.75, 3.05) is 6.50 Å². The molecular weight excluding hydrogens is 269 g/mol. The van der Waals surface area contributed by atoms with Gasteiger partial charge in [-0.1, -0.05) is 30.2 Å². The SMILES string of the molecule is [2H]C([2H])(C#C)N(C1c2ccccc2CC1F)S(=O)(=O)O.[CH3+]. The molecule has 1 N–H and O–H groups in total. The number of hydrogen-bond donors (Lipinski definition) is 1. The lowest BCUT2D eigenvalue weighted by atomic mass is 10.1. The van der Waals surface area contributed by atoms with E-state index in [1.54, 1.807) is 24.1 Å². The molecule has 0 aliphatic heterocycles. The van der Waals surface area contributed by atoms with Crippen LogP contribution >= 0.6 is 0 Å². The summed E-state index contributed by atoms with van der Waals surface area (Å²) < 4.78 is 61.4. The summed E-state index contributed by atoms with van der Waals surface area (Å²) in [5.41, 5.74) is 0.864. The fraction of sp³-hybridized carbons (Fsp3) is 0.308. The first-order valence-electron chi connectivity index (χ1n) is 6.15. The van der Waals surface area contributed by atoms with Crippen LogP contribution in [0.4, 0.5) is 4.39 Å². The molecule has 0 heterocycles. The number of halogens is 1. The van der Waals surface area contributed by atoms with E-state index >= 15 is 0 Å². The van der Waals surface area contributed by atoms with Gasteiger partial charge in [0.15, 0.2) is 0 Å². The van der Waals surface area contributed by atoms with E-state index in [1.165, 1.54) is 6.07 Å². The average Bonchev–Trinajstić information content (AvgIpc) is 2.65. The molecule has 0 amide bonds. The third-order valence-electron chi connectivity index (χ3n) is 2.81. The van der Waals surface area contributed by atoms with Gasteiger partial charge in [0.2, 0.25) is 0 Å². The lowest BCUT2D eigenvalue weighted by molar-refractivity contribution is 0.196. The van der Waals surface area contributed by atoms with Gasteiger partial charge in [-0.05, 0) is 11.1 Å². The summed E-state index contributed by atoms with van der Waals surface area (Å²) in [6.07, 6.45) is 3.23. The number of hydrogen-bond acceptors (Lipinski definition) is 2. The van der Waals surface area contributed by atoms with Crippen molar-refractivity contribution in [3.05, 3.63) is 42.8 Å². The monoisotopic (exact) mass is 286 g/mol. The van der Waals surface area contributed by atoms with Gasteiger partial charge in [-0.2, -0.15) is 12.7 Å². The summed E-state index contributed by atoms with van der Waals surface area (Å²) in [6, 6.07) is 4.88. The Morgan fingerprint density at radius 1 is 1.58 bits per heavy atom. The largest absolute Gasteiger partial charge is 0.337 e. The van der Waals surface area contributed by atoms with Gasteiger partial charge < -0.3 is 0 Å². The van der Waals surface area contributed by atoms with Crippen molar-refractivity contribution >= 4 is 10.3 Å². The average molecular weight is 286 g/mol. The summed E-state index contributed by atoms with van der Waals surface area (Å²) in [5, 5.41) is 0. The second-order valence-electron chi connectivity index (χ2n) is 3.89. The summed E-state index contributed by atoms with van der Waals surface area (Å²) in [4.78, 5) is 0. The van der Waals surface area contributed by atoms with Gasteiger partial charge in [-0.15, -0.1) is 6.42 Å². The van der Waals surface area contributed by atoms with Crippen LogP contribution in [0.25, 0.3) is 0 Å². The van der Waals surface area contributed by atoms with E-state index in [-0.39, 0.29) is 18.2 Å². The zero-order valence-corrected chi connectivity index (χ0v) is 11.1. The second-order valence-corrected chi connectivity index (χ2v) is 5.18. The molecular formula is C13H15FNO3S+. The van der Waals surface area contributed by atoms with Crippen LogP contribution in [-0.2, 0) is 16.7 Å². The van der Waals surface area contributed by atoms with Crippen LogP contribution in [0, 0.1) is 19.8 Å². The summed E-state index contributed by atoms with van der Waals surface area (Å²) >= 11 is 0. The zero-order chi connectivity index (χ0) is 15.1. The number of rotatable bonds is 3. The molecule has 1 aliphatic carbocycles. The van der Waals surface area contributed by atoms with E-state index in [9.17, 15) is 17.4 Å². The molecule has 0 saturated heterocycles. The van der Waals surface area contributed by atoms with Crippen LogP contribution in [0.5, 0.6) is 0 Å². The van der Waals surface area contributed by atoms with E-state index in [0.717, 1.165) is 0 Å². The smallest absolute Gasteiger partial charge is 0.273 e. The van der Waals surface area contributed by atoms with E-state index in [2.05, 4.69) is 0 Å². The standard InChI is InChI=1S/C12H12FNO3S.CH3/c1-2-7-14(18(15,16)17)12-10-6-4-3-5-9(10)8-11(12)13;/h1,3-6,11-12H,7-8H2,(H,15,16,17);1H3/q;+1/i7D2;. The second kappa shape index (κ2) is 5.61. The van der Waals surface area contributed by atoms with Gasteiger partial charge >= 0.3 is 10.3 Å². The fourth-order valence-electron chi connectivity index (χ4n) is 2.13. The normalized spacial score (nSPS) is 23.9. The topological polar surface area (TPSA) is 57.6 Å². The molecule has 19 heavy (non-hydrogen) atoms. The first-order chi connectivity index (χ1) is 9.18. The Balaban J connectivity index is 0.00000220. The molecule has 1 aliphatic rings. The molecule has 4 nitrogen and oxygen atoms in total. The fourth-order valence-corrected chi connectivity index (χ4v) is 2.83. The van der Waals surface area contributed by atoms with Crippen molar-refractivity contribution in [3.63, 3.8) is 0 Å². The molecule has 2 atom stereocenters. The van der Waals surface area contributed by atoms with Gasteiger partial charge in [-0.3, -0.25) is 4.55 Å². The Morgan fingerprint density at radius 2 is 2.21 bits per heavy atom. The third kappa shape index (κ3) is 2.89. The Hall–Kier alpha value is -1.55. The highest BCUT2D eigenvalue weighted by Crippen LogP contribution is 2.38. The van der Waals surface area contributed by atoms with Gasteiger partial charge in [-0.25, -0.2) is 4.39 Å². The number of alkyl halides is 1. The van der Waals surface area contributed by atoms with Crippen LogP contribution in [0.3, 0.4) is 0 Å². The minimum atomic E-state index is -5.02. The van der Waals surface area contributed by atoms with Crippen LogP contribution in [0.1, 0.15) is 19.9 Å². The molecule has 0 saturated carbocycles. The Morgan fingerprint density at radius 3 is 2.79 bits per heavy atom. The Kier molecular flexibility index (Phi) is 3.69. The molecule has 1 aromatic rings. The van der Waals surface area contributed by atoms with Crippen molar-refractivity contribution in [1.82, 2.24) is 4.31 Å². The maximum atomic E-state index is 14.2. The molecule has 2 unspecified atom stereocenters. The highest BCUT2D eigenvalue weighted by Gasteiger charge is 2.41. The van der Waals surface area contributed by atoms with Crippen LogP contribution < -0.4 is 0 Å². The predicted octanol–water partition coefficient (Wildman–Crippen LogP) is 1.81. The lowest BCUT2D eigenvalue weighted by Crippen LogP contribution is -2.37. The van der Waals surface area contributed by atoms with Gasteiger partial charge in [0.25, 0.3) is 0 Å². The summed E-state index contributed by atoms with van der Waals surface area (Å²) in [5.74, 6) is 1.63. The quantitative estimate of drug-likeness (QED) is 0.524. The third-order valence-corrected chi connectivity index (χ3v) is 3.62. The first kappa shape index (κ1) is 12.5. The van der Waals surface area contributed by atoms with E-state index in [0.29, 0.717) is 11.1 Å². The summed E-state index contributed by atoms with van der Waals surface area (Å²) in [6.45, 7) is -2.83. The van der Waals surface area contributed by atoms with Gasteiger partial charge in [0, 0.05) is 13.8 Å². The molecule has 1 aromatic carbocycles. The van der Waals surface area contributed by atoms with Crippen LogP contribution in [0.2, 0.25) is 0 Å². The molecule has 2 rings (SSSR count). The predicted molar refractivity (Wildman–Crippen MR) is 71.3 cm³/mol. The van der Waals surface area contributed by atoms with E-state index in [1.807, 2.05) is 0 Å². The molecule has 0 fully saturated rings. The van der Waals surface area contributed by atoms with E-state index in [4.69, 9.17) is 9.16 Å². The number of terminal acetylenes is 1. The molecule has 6 heteroatoms. The number of benzene rings is 1. The molecule has 0 bridgehead atoms. The Labute approximate surface area is 115 Å². The zero-order valence-electron chi connectivity index (χ0n) is 12.2.